The maximum atomic E-state index is 12.6. The first kappa shape index (κ1) is 19.1. The second-order valence-electron chi connectivity index (χ2n) is 7.04. The molecule has 0 radical (unpaired) electrons. The number of aryl methyl sites for hydroxylation is 1. The van der Waals surface area contributed by atoms with Gasteiger partial charge in [-0.15, -0.1) is 0 Å². The van der Waals surface area contributed by atoms with E-state index in [4.69, 9.17) is 4.74 Å². The van der Waals surface area contributed by atoms with E-state index in [1.807, 2.05) is 47.7 Å². The van der Waals surface area contributed by atoms with Crippen LogP contribution in [0.4, 0.5) is 0 Å². The smallest absolute Gasteiger partial charge is 0.305 e. The summed E-state index contributed by atoms with van der Waals surface area (Å²) in [6.45, 7) is 5.65. The average Bonchev–Trinajstić information content (AvgIpc) is 3.00. The topological polar surface area (TPSA) is 64.4 Å². The van der Waals surface area contributed by atoms with Crippen molar-refractivity contribution in [3.05, 3.63) is 46.8 Å². The highest BCUT2D eigenvalue weighted by atomic mass is 16.5. The van der Waals surface area contributed by atoms with Crippen LogP contribution in [-0.4, -0.2) is 46.8 Å². The first-order valence-electron chi connectivity index (χ1n) is 9.53. The number of aromatic nitrogens is 2. The zero-order chi connectivity index (χ0) is 19.4. The number of esters is 1. The molecule has 1 saturated heterocycles. The van der Waals surface area contributed by atoms with Crippen molar-refractivity contribution in [1.82, 2.24) is 14.7 Å². The van der Waals surface area contributed by atoms with E-state index in [-0.39, 0.29) is 11.9 Å². The molecule has 0 bridgehead atoms. The molecule has 1 aromatic carbocycles. The highest BCUT2D eigenvalue weighted by Crippen LogP contribution is 2.21. The number of carbonyl (C=O) groups is 2. The second-order valence-corrected chi connectivity index (χ2v) is 7.04. The van der Waals surface area contributed by atoms with Gasteiger partial charge in [-0.2, -0.15) is 5.10 Å². The van der Waals surface area contributed by atoms with Gasteiger partial charge in [0, 0.05) is 30.8 Å². The van der Waals surface area contributed by atoms with Crippen molar-refractivity contribution in [3.63, 3.8) is 0 Å². The summed E-state index contributed by atoms with van der Waals surface area (Å²) >= 11 is 0. The van der Waals surface area contributed by atoms with Crippen LogP contribution in [0.1, 0.15) is 53.0 Å². The molecule has 1 fully saturated rings. The molecule has 0 atom stereocenters. The van der Waals surface area contributed by atoms with Gasteiger partial charge in [0.25, 0.3) is 5.91 Å². The Bertz CT molecular complexity index is 818. The summed E-state index contributed by atoms with van der Waals surface area (Å²) in [6.07, 6.45) is 4.33. The molecule has 0 saturated carbocycles. The van der Waals surface area contributed by atoms with Gasteiger partial charge in [-0.25, -0.2) is 4.68 Å². The van der Waals surface area contributed by atoms with Crippen LogP contribution in [0, 0.1) is 13.8 Å². The minimum Gasteiger partial charge on any atom is -0.469 e. The van der Waals surface area contributed by atoms with Gasteiger partial charge >= 0.3 is 5.97 Å². The Morgan fingerprint density at radius 2 is 1.74 bits per heavy atom. The summed E-state index contributed by atoms with van der Waals surface area (Å²) in [7, 11) is 1.40. The number of nitrogens with zero attached hydrogens (tertiary/aromatic N) is 3. The van der Waals surface area contributed by atoms with Crippen LogP contribution in [0.5, 0.6) is 0 Å². The van der Waals surface area contributed by atoms with Crippen molar-refractivity contribution < 1.29 is 14.3 Å². The lowest BCUT2D eigenvalue weighted by Crippen LogP contribution is -2.35. The fourth-order valence-corrected chi connectivity index (χ4v) is 3.64. The quantitative estimate of drug-likeness (QED) is 0.759. The largest absolute Gasteiger partial charge is 0.469 e. The normalized spacial score (nSPS) is 14.3. The number of methoxy groups -OCH3 is 1. The SMILES string of the molecule is COC(=O)CCc1c(C)nn(-c2ccc(C(=O)N3CCCCC3)cc2)c1C. The maximum Gasteiger partial charge on any atom is 0.305 e. The lowest BCUT2D eigenvalue weighted by Gasteiger charge is -2.26. The van der Waals surface area contributed by atoms with Gasteiger partial charge in [0.1, 0.15) is 0 Å². The zero-order valence-electron chi connectivity index (χ0n) is 16.3. The molecule has 1 amide bonds. The lowest BCUT2D eigenvalue weighted by molar-refractivity contribution is -0.140. The third-order valence-corrected chi connectivity index (χ3v) is 5.25. The highest BCUT2D eigenvalue weighted by Gasteiger charge is 2.19. The Morgan fingerprint density at radius 3 is 2.37 bits per heavy atom. The molecule has 2 aromatic rings. The predicted octanol–water partition coefficient (Wildman–Crippen LogP) is 3.22. The van der Waals surface area contributed by atoms with E-state index in [1.165, 1.54) is 13.5 Å². The van der Waals surface area contributed by atoms with Crippen LogP contribution in [0.25, 0.3) is 5.69 Å². The van der Waals surface area contributed by atoms with Crippen molar-refractivity contribution in [1.29, 1.82) is 0 Å². The fourth-order valence-electron chi connectivity index (χ4n) is 3.64. The van der Waals surface area contributed by atoms with Gasteiger partial charge in [0.05, 0.1) is 18.5 Å². The van der Waals surface area contributed by atoms with Crippen molar-refractivity contribution >= 4 is 11.9 Å². The zero-order valence-corrected chi connectivity index (χ0v) is 16.3. The van der Waals surface area contributed by atoms with Gasteiger partial charge < -0.3 is 9.64 Å². The van der Waals surface area contributed by atoms with Crippen LogP contribution >= 0.6 is 0 Å². The van der Waals surface area contributed by atoms with Gasteiger partial charge in [-0.3, -0.25) is 9.59 Å². The molecule has 144 valence electrons. The van der Waals surface area contributed by atoms with Crippen LogP contribution in [0.2, 0.25) is 0 Å². The summed E-state index contributed by atoms with van der Waals surface area (Å²) in [6, 6.07) is 7.61. The number of piperidine rings is 1. The summed E-state index contributed by atoms with van der Waals surface area (Å²) in [5.41, 5.74) is 4.61. The number of hydrogen-bond donors (Lipinski definition) is 0. The highest BCUT2D eigenvalue weighted by molar-refractivity contribution is 5.94. The molecular formula is C21H27N3O3. The number of likely N-dealkylation sites (tertiary alicyclic amines) is 1. The van der Waals surface area contributed by atoms with E-state index in [1.54, 1.807) is 0 Å². The molecule has 0 N–H and O–H groups in total. The molecule has 27 heavy (non-hydrogen) atoms. The number of hydrogen-bond acceptors (Lipinski definition) is 4. The number of rotatable bonds is 5. The maximum absolute atomic E-state index is 12.6. The molecule has 0 spiro atoms. The molecule has 6 nitrogen and oxygen atoms in total. The van der Waals surface area contributed by atoms with Gasteiger partial charge in [-0.1, -0.05) is 0 Å². The molecule has 6 heteroatoms. The Morgan fingerprint density at radius 1 is 1.07 bits per heavy atom. The first-order valence-corrected chi connectivity index (χ1v) is 9.53. The summed E-state index contributed by atoms with van der Waals surface area (Å²) in [5.74, 6) is -0.115. The van der Waals surface area contributed by atoms with E-state index >= 15 is 0 Å². The monoisotopic (exact) mass is 369 g/mol. The number of amides is 1. The third-order valence-electron chi connectivity index (χ3n) is 5.25. The summed E-state index contributed by atoms with van der Waals surface area (Å²) in [4.78, 5) is 26.0. The fraction of sp³-hybridized carbons (Fsp3) is 0.476. The third kappa shape index (κ3) is 4.21. The minimum atomic E-state index is -0.220. The average molecular weight is 369 g/mol. The van der Waals surface area contributed by atoms with Crippen LogP contribution < -0.4 is 0 Å². The van der Waals surface area contributed by atoms with Crippen LogP contribution in [0.15, 0.2) is 24.3 Å². The summed E-state index contributed by atoms with van der Waals surface area (Å²) in [5, 5.41) is 4.62. The van der Waals surface area contributed by atoms with Crippen molar-refractivity contribution in [2.24, 2.45) is 0 Å². The Labute approximate surface area is 160 Å². The molecule has 0 aliphatic carbocycles. The molecular weight excluding hydrogens is 342 g/mol. The Kier molecular flexibility index (Phi) is 5.94. The second kappa shape index (κ2) is 8.37. The number of benzene rings is 1. The molecule has 1 aliphatic heterocycles. The summed E-state index contributed by atoms with van der Waals surface area (Å²) < 4.78 is 6.60. The van der Waals surface area contributed by atoms with Crippen LogP contribution in [0.3, 0.4) is 0 Å². The van der Waals surface area contributed by atoms with Gasteiger partial charge in [0.2, 0.25) is 0 Å². The van der Waals surface area contributed by atoms with Crippen molar-refractivity contribution in [2.75, 3.05) is 20.2 Å². The van der Waals surface area contributed by atoms with E-state index in [2.05, 4.69) is 5.10 Å². The minimum absolute atomic E-state index is 0.105. The van der Waals surface area contributed by atoms with Crippen molar-refractivity contribution in [2.45, 2.75) is 46.0 Å². The van der Waals surface area contributed by atoms with E-state index in [0.29, 0.717) is 18.4 Å². The van der Waals surface area contributed by atoms with E-state index in [0.717, 1.165) is 48.6 Å². The predicted molar refractivity (Wildman–Crippen MR) is 103 cm³/mol. The molecule has 1 aromatic heterocycles. The first-order chi connectivity index (χ1) is 13.0. The van der Waals surface area contributed by atoms with Crippen LogP contribution in [-0.2, 0) is 16.0 Å². The molecule has 1 aliphatic rings. The molecule has 2 heterocycles. The standard InChI is InChI=1S/C21H27N3O3/c1-15-19(11-12-20(25)27-3)16(2)24(22-15)18-9-7-17(8-10-18)21(26)23-13-5-4-6-14-23/h7-10H,4-6,11-14H2,1-3H3. The van der Waals surface area contributed by atoms with Gasteiger partial charge in [-0.05, 0) is 69.4 Å². The van der Waals surface area contributed by atoms with Crippen molar-refractivity contribution in [3.8, 4) is 5.69 Å². The Hall–Kier alpha value is -2.63. The number of ether oxygens (including phenoxy) is 1. The number of carbonyl (C=O) groups excluding carboxylic acids is 2. The molecule has 3 rings (SSSR count). The Balaban J connectivity index is 1.77. The van der Waals surface area contributed by atoms with E-state index < -0.39 is 0 Å². The van der Waals surface area contributed by atoms with Gasteiger partial charge in [0.15, 0.2) is 0 Å². The lowest BCUT2D eigenvalue weighted by atomic mass is 10.1. The molecule has 0 unspecified atom stereocenters. The van der Waals surface area contributed by atoms with E-state index in [9.17, 15) is 9.59 Å².